The first-order chi connectivity index (χ1) is 9.67. The van der Waals surface area contributed by atoms with Crippen LogP contribution in [0.4, 0.5) is 5.95 Å². The molecule has 1 atom stereocenters. The van der Waals surface area contributed by atoms with E-state index in [0.29, 0.717) is 24.4 Å². The van der Waals surface area contributed by atoms with Gasteiger partial charge in [0.2, 0.25) is 17.7 Å². The molecule has 20 heavy (non-hydrogen) atoms. The number of aromatic nitrogens is 2. The van der Waals surface area contributed by atoms with E-state index in [0.717, 1.165) is 30.3 Å². The van der Waals surface area contributed by atoms with Crippen molar-refractivity contribution in [2.45, 2.75) is 25.3 Å². The number of halogens is 1. The van der Waals surface area contributed by atoms with Crippen molar-refractivity contribution < 1.29 is 9.53 Å². The summed E-state index contributed by atoms with van der Waals surface area (Å²) in [6, 6.07) is 0.417. The lowest BCUT2D eigenvalue weighted by atomic mass is 10.1. The quantitative estimate of drug-likeness (QED) is 0.896. The Hall–Kier alpha value is -1.37. The zero-order valence-electron chi connectivity index (χ0n) is 11.3. The predicted molar refractivity (Wildman–Crippen MR) is 77.8 cm³/mol. The minimum Gasteiger partial charge on any atom is -0.480 e. The summed E-state index contributed by atoms with van der Waals surface area (Å²) in [5.41, 5.74) is 0. The summed E-state index contributed by atoms with van der Waals surface area (Å²) < 4.78 is 5.90. The second-order valence-corrected chi connectivity index (χ2v) is 6.10. The number of nitrogens with zero attached hydrogens (tertiary/aromatic N) is 3. The molecule has 1 aliphatic carbocycles. The minimum atomic E-state index is 0.0360. The van der Waals surface area contributed by atoms with E-state index < -0.39 is 0 Å². The maximum Gasteiger partial charge on any atom is 0.232 e. The first kappa shape index (κ1) is 13.6. The molecule has 0 radical (unpaired) electrons. The first-order valence-electron chi connectivity index (χ1n) is 6.79. The molecule has 1 aromatic heterocycles. The smallest absolute Gasteiger partial charge is 0.232 e. The predicted octanol–water partition coefficient (Wildman–Crippen LogP) is 1.35. The van der Waals surface area contributed by atoms with Gasteiger partial charge in [-0.05, 0) is 35.2 Å². The normalized spacial score (nSPS) is 21.9. The van der Waals surface area contributed by atoms with E-state index >= 15 is 0 Å². The van der Waals surface area contributed by atoms with Crippen LogP contribution in [-0.4, -0.2) is 42.1 Å². The van der Waals surface area contributed by atoms with Gasteiger partial charge in [0.15, 0.2) is 0 Å². The molecule has 3 rings (SSSR count). The van der Waals surface area contributed by atoms with Gasteiger partial charge in [0.05, 0.1) is 23.7 Å². The molecule has 1 saturated carbocycles. The number of methoxy groups -OCH3 is 1. The average molecular weight is 341 g/mol. The fourth-order valence-electron chi connectivity index (χ4n) is 2.34. The third kappa shape index (κ3) is 2.87. The van der Waals surface area contributed by atoms with Crippen molar-refractivity contribution in [3.05, 3.63) is 10.7 Å². The highest BCUT2D eigenvalue weighted by molar-refractivity contribution is 9.10. The Labute approximate surface area is 126 Å². The number of carbonyl (C=O) groups is 1. The third-order valence-corrected chi connectivity index (χ3v) is 4.20. The number of rotatable bonds is 4. The van der Waals surface area contributed by atoms with Crippen LogP contribution in [0, 0.1) is 5.92 Å². The molecular weight excluding hydrogens is 324 g/mol. The lowest BCUT2D eigenvalue weighted by Gasteiger charge is -2.17. The number of amides is 1. The van der Waals surface area contributed by atoms with Gasteiger partial charge in [-0.15, -0.1) is 0 Å². The molecule has 6 nitrogen and oxygen atoms in total. The maximum atomic E-state index is 12.0. The van der Waals surface area contributed by atoms with Crippen LogP contribution in [0.25, 0.3) is 0 Å². The van der Waals surface area contributed by atoms with Gasteiger partial charge in [-0.25, -0.2) is 4.98 Å². The van der Waals surface area contributed by atoms with E-state index in [1.54, 1.807) is 13.3 Å². The van der Waals surface area contributed by atoms with Crippen LogP contribution in [0.5, 0.6) is 5.88 Å². The van der Waals surface area contributed by atoms with Crippen LogP contribution in [0.1, 0.15) is 19.3 Å². The van der Waals surface area contributed by atoms with Gasteiger partial charge in [0, 0.05) is 19.1 Å². The largest absolute Gasteiger partial charge is 0.480 e. The van der Waals surface area contributed by atoms with E-state index in [4.69, 9.17) is 4.74 Å². The second-order valence-electron chi connectivity index (χ2n) is 5.24. The molecule has 1 aromatic rings. The van der Waals surface area contributed by atoms with E-state index in [2.05, 4.69) is 31.2 Å². The molecule has 1 saturated heterocycles. The summed E-state index contributed by atoms with van der Waals surface area (Å²) in [6.07, 6.45) is 4.77. The van der Waals surface area contributed by atoms with E-state index in [1.165, 1.54) is 0 Å². The molecule has 1 N–H and O–H groups in total. The van der Waals surface area contributed by atoms with E-state index in [9.17, 15) is 4.79 Å². The first-order valence-corrected chi connectivity index (χ1v) is 7.58. The number of ether oxygens (including phenoxy) is 1. The van der Waals surface area contributed by atoms with Crippen LogP contribution in [-0.2, 0) is 4.79 Å². The zero-order valence-corrected chi connectivity index (χ0v) is 12.9. The fraction of sp³-hybridized carbons (Fsp3) is 0.615. The van der Waals surface area contributed by atoms with Crippen molar-refractivity contribution in [2.24, 2.45) is 5.92 Å². The summed E-state index contributed by atoms with van der Waals surface area (Å²) in [6.45, 7) is 1.47. The van der Waals surface area contributed by atoms with E-state index in [-0.39, 0.29) is 11.8 Å². The molecule has 1 unspecified atom stereocenters. The third-order valence-electron chi connectivity index (χ3n) is 3.66. The average Bonchev–Trinajstić information content (AvgIpc) is 3.12. The number of hydrogen-bond donors (Lipinski definition) is 1. The summed E-state index contributed by atoms with van der Waals surface area (Å²) in [5, 5.41) is 3.06. The van der Waals surface area contributed by atoms with Gasteiger partial charge >= 0.3 is 0 Å². The van der Waals surface area contributed by atoms with Crippen LogP contribution < -0.4 is 15.0 Å². The Kier molecular flexibility index (Phi) is 3.78. The Bertz CT molecular complexity index is 521. The monoisotopic (exact) mass is 340 g/mol. The van der Waals surface area contributed by atoms with E-state index in [1.807, 2.05) is 4.90 Å². The number of nitrogens with one attached hydrogen (secondary N) is 1. The van der Waals surface area contributed by atoms with Crippen molar-refractivity contribution in [2.75, 3.05) is 25.1 Å². The molecule has 0 bridgehead atoms. The molecular formula is C13H17BrN4O2. The summed E-state index contributed by atoms with van der Waals surface area (Å²) in [4.78, 5) is 22.7. The van der Waals surface area contributed by atoms with Gasteiger partial charge in [-0.3, -0.25) is 4.79 Å². The second kappa shape index (κ2) is 5.55. The van der Waals surface area contributed by atoms with Gasteiger partial charge in [0.1, 0.15) is 0 Å². The summed E-state index contributed by atoms with van der Waals surface area (Å²) in [7, 11) is 1.58. The molecule has 1 aliphatic heterocycles. The molecule has 108 valence electrons. The number of hydrogen-bond acceptors (Lipinski definition) is 5. The minimum absolute atomic E-state index is 0.0360. The fourth-order valence-corrected chi connectivity index (χ4v) is 2.69. The molecule has 1 amide bonds. The molecule has 0 aromatic carbocycles. The topological polar surface area (TPSA) is 67.3 Å². The molecule has 2 aliphatic rings. The molecule has 2 heterocycles. The van der Waals surface area contributed by atoms with Gasteiger partial charge in [0.25, 0.3) is 0 Å². The summed E-state index contributed by atoms with van der Waals surface area (Å²) in [5.74, 6) is 1.33. The molecule has 0 spiro atoms. The van der Waals surface area contributed by atoms with Crippen molar-refractivity contribution in [1.29, 1.82) is 0 Å². The Balaban J connectivity index is 1.65. The van der Waals surface area contributed by atoms with Crippen LogP contribution in [0.2, 0.25) is 0 Å². The van der Waals surface area contributed by atoms with Gasteiger partial charge in [-0.1, -0.05) is 0 Å². The summed E-state index contributed by atoms with van der Waals surface area (Å²) >= 11 is 3.34. The number of anilines is 1. The van der Waals surface area contributed by atoms with Crippen molar-refractivity contribution >= 4 is 27.8 Å². The van der Waals surface area contributed by atoms with Crippen LogP contribution in [0.15, 0.2) is 10.7 Å². The highest BCUT2D eigenvalue weighted by atomic mass is 79.9. The van der Waals surface area contributed by atoms with Crippen LogP contribution >= 0.6 is 15.9 Å². The maximum absolute atomic E-state index is 12.0. The van der Waals surface area contributed by atoms with Gasteiger partial charge in [-0.2, -0.15) is 4.98 Å². The van der Waals surface area contributed by atoms with Crippen molar-refractivity contribution in [3.63, 3.8) is 0 Å². The SMILES string of the molecule is COc1nc(N2CCC(C(=O)NC3CC3)C2)ncc1Br. The highest BCUT2D eigenvalue weighted by Crippen LogP contribution is 2.27. The lowest BCUT2D eigenvalue weighted by molar-refractivity contribution is -0.124. The van der Waals surface area contributed by atoms with Crippen molar-refractivity contribution in [1.82, 2.24) is 15.3 Å². The lowest BCUT2D eigenvalue weighted by Crippen LogP contribution is -2.34. The Morgan fingerprint density at radius 2 is 2.30 bits per heavy atom. The Morgan fingerprint density at radius 1 is 1.50 bits per heavy atom. The molecule has 7 heteroatoms. The van der Waals surface area contributed by atoms with Crippen molar-refractivity contribution in [3.8, 4) is 5.88 Å². The standard InChI is InChI=1S/C13H17BrN4O2/c1-20-12-10(14)6-15-13(17-12)18-5-4-8(7-18)11(19)16-9-2-3-9/h6,8-9H,2-5,7H2,1H3,(H,16,19). The molecule has 2 fully saturated rings. The Morgan fingerprint density at radius 3 is 3.00 bits per heavy atom. The van der Waals surface area contributed by atoms with Crippen LogP contribution in [0.3, 0.4) is 0 Å². The van der Waals surface area contributed by atoms with Gasteiger partial charge < -0.3 is 15.0 Å². The zero-order chi connectivity index (χ0) is 14.1. The number of carbonyl (C=O) groups excluding carboxylic acids is 1. The highest BCUT2D eigenvalue weighted by Gasteiger charge is 2.33.